The van der Waals surface area contributed by atoms with Crippen LogP contribution in [0.3, 0.4) is 0 Å². The van der Waals surface area contributed by atoms with Crippen molar-refractivity contribution in [2.24, 2.45) is 0 Å². The number of carbonyl (C=O) groups excluding carboxylic acids is 1. The first kappa shape index (κ1) is 17.7. The van der Waals surface area contributed by atoms with Crippen molar-refractivity contribution >= 4 is 23.4 Å². The number of non-ortho nitro benzene ring substituents is 1. The van der Waals surface area contributed by atoms with Gasteiger partial charge in [0.2, 0.25) is 5.88 Å². The van der Waals surface area contributed by atoms with Crippen LogP contribution in [0.15, 0.2) is 35.6 Å². The average Bonchev–Trinajstić information content (AvgIpc) is 2.60. The van der Waals surface area contributed by atoms with Gasteiger partial charge in [0.25, 0.3) is 5.69 Å². The summed E-state index contributed by atoms with van der Waals surface area (Å²) in [5.41, 5.74) is 0.842. The molecule has 0 amide bonds. The van der Waals surface area contributed by atoms with Crippen molar-refractivity contribution in [2.75, 3.05) is 12.9 Å². The van der Waals surface area contributed by atoms with E-state index in [-0.39, 0.29) is 30.3 Å². The van der Waals surface area contributed by atoms with E-state index >= 15 is 0 Å². The van der Waals surface area contributed by atoms with Gasteiger partial charge in [0.05, 0.1) is 11.5 Å². The summed E-state index contributed by atoms with van der Waals surface area (Å²) in [6.07, 6.45) is 3.17. The van der Waals surface area contributed by atoms with Crippen LogP contribution in [0.25, 0.3) is 0 Å². The predicted molar refractivity (Wildman–Crippen MR) is 87.2 cm³/mol. The van der Waals surface area contributed by atoms with Gasteiger partial charge >= 0.3 is 5.97 Å². The number of hydrogen-bond donors (Lipinski definition) is 0. The van der Waals surface area contributed by atoms with Gasteiger partial charge in [-0.1, -0.05) is 11.8 Å². The van der Waals surface area contributed by atoms with Gasteiger partial charge in [-0.15, -0.1) is 0 Å². The van der Waals surface area contributed by atoms with Gasteiger partial charge in [0, 0.05) is 18.3 Å². The van der Waals surface area contributed by atoms with Gasteiger partial charge < -0.3 is 9.47 Å². The number of ether oxygens (including phenoxy) is 2. The lowest BCUT2D eigenvalue weighted by molar-refractivity contribution is -0.384. The van der Waals surface area contributed by atoms with E-state index in [1.54, 1.807) is 25.3 Å². The van der Waals surface area contributed by atoms with E-state index in [2.05, 4.69) is 9.97 Å². The Bertz CT molecular complexity index is 736. The summed E-state index contributed by atoms with van der Waals surface area (Å²) in [6, 6.07) is 5.94. The molecular formula is C15H15N3O5S. The Morgan fingerprint density at radius 1 is 1.33 bits per heavy atom. The molecule has 126 valence electrons. The summed E-state index contributed by atoms with van der Waals surface area (Å²) < 4.78 is 10.6. The van der Waals surface area contributed by atoms with Crippen molar-refractivity contribution in [2.45, 2.75) is 18.7 Å². The van der Waals surface area contributed by atoms with E-state index in [0.717, 1.165) is 0 Å². The molecular weight excluding hydrogens is 334 g/mol. The van der Waals surface area contributed by atoms with E-state index in [0.29, 0.717) is 10.7 Å². The fraction of sp³-hybridized carbons (Fsp3) is 0.267. The third-order valence-electron chi connectivity index (χ3n) is 2.93. The highest BCUT2D eigenvalue weighted by atomic mass is 32.2. The summed E-state index contributed by atoms with van der Waals surface area (Å²) in [4.78, 5) is 30.3. The molecule has 1 heterocycles. The number of carbonyl (C=O) groups is 1. The Hall–Kier alpha value is -2.68. The molecule has 8 nitrogen and oxygen atoms in total. The minimum atomic E-state index is -0.566. The van der Waals surface area contributed by atoms with Crippen molar-refractivity contribution in [1.82, 2.24) is 9.97 Å². The second kappa shape index (κ2) is 8.25. The zero-order chi connectivity index (χ0) is 17.5. The van der Waals surface area contributed by atoms with Crippen LogP contribution in [0.4, 0.5) is 5.69 Å². The SMILES string of the molecule is CCOC(=O)c1cnc(SC)nc1OCc1ccc([N+](=O)[O-])cc1. The molecule has 0 aliphatic heterocycles. The molecule has 1 aromatic carbocycles. The highest BCUT2D eigenvalue weighted by Gasteiger charge is 2.17. The molecule has 0 fully saturated rings. The fourth-order valence-electron chi connectivity index (χ4n) is 1.77. The lowest BCUT2D eigenvalue weighted by Crippen LogP contribution is -2.10. The van der Waals surface area contributed by atoms with Crippen molar-refractivity contribution in [3.05, 3.63) is 51.7 Å². The van der Waals surface area contributed by atoms with Gasteiger partial charge in [-0.3, -0.25) is 10.1 Å². The second-order valence-corrected chi connectivity index (χ2v) is 5.28. The van der Waals surface area contributed by atoms with Crippen LogP contribution in [-0.4, -0.2) is 33.7 Å². The second-order valence-electron chi connectivity index (χ2n) is 4.51. The Kier molecular flexibility index (Phi) is 6.07. The molecule has 9 heteroatoms. The number of hydrogen-bond acceptors (Lipinski definition) is 8. The maximum Gasteiger partial charge on any atom is 0.345 e. The van der Waals surface area contributed by atoms with E-state index in [1.165, 1.54) is 30.1 Å². The number of nitrogens with zero attached hydrogens (tertiary/aromatic N) is 3. The van der Waals surface area contributed by atoms with Crippen LogP contribution in [0, 0.1) is 10.1 Å². The van der Waals surface area contributed by atoms with E-state index < -0.39 is 10.9 Å². The van der Waals surface area contributed by atoms with Crippen molar-refractivity contribution in [3.8, 4) is 5.88 Å². The van der Waals surface area contributed by atoms with Gasteiger partial charge in [-0.2, -0.15) is 4.98 Å². The number of rotatable bonds is 7. The first-order valence-electron chi connectivity index (χ1n) is 6.99. The molecule has 24 heavy (non-hydrogen) atoms. The van der Waals surface area contributed by atoms with Crippen LogP contribution in [0.5, 0.6) is 5.88 Å². The monoisotopic (exact) mass is 349 g/mol. The van der Waals surface area contributed by atoms with Crippen LogP contribution in [0.2, 0.25) is 0 Å². The highest BCUT2D eigenvalue weighted by molar-refractivity contribution is 7.98. The highest BCUT2D eigenvalue weighted by Crippen LogP contribution is 2.21. The molecule has 0 bridgehead atoms. The Labute approximate surface area is 142 Å². The zero-order valence-electron chi connectivity index (χ0n) is 13.1. The van der Waals surface area contributed by atoms with Gasteiger partial charge in [0.15, 0.2) is 5.16 Å². The number of esters is 1. The molecule has 0 saturated carbocycles. The molecule has 0 atom stereocenters. The van der Waals surface area contributed by atoms with Crippen LogP contribution >= 0.6 is 11.8 Å². The Morgan fingerprint density at radius 2 is 2.04 bits per heavy atom. The molecule has 0 saturated heterocycles. The Balaban J connectivity index is 2.17. The summed E-state index contributed by atoms with van der Waals surface area (Å²) >= 11 is 1.31. The first-order chi connectivity index (χ1) is 11.5. The van der Waals surface area contributed by atoms with E-state index in [4.69, 9.17) is 9.47 Å². The van der Waals surface area contributed by atoms with Crippen LogP contribution in [0.1, 0.15) is 22.8 Å². The lowest BCUT2D eigenvalue weighted by Gasteiger charge is -2.10. The molecule has 0 radical (unpaired) electrons. The van der Waals surface area contributed by atoms with Gasteiger partial charge in [-0.25, -0.2) is 9.78 Å². The third kappa shape index (κ3) is 4.42. The van der Waals surface area contributed by atoms with Crippen LogP contribution in [-0.2, 0) is 11.3 Å². The molecule has 0 N–H and O–H groups in total. The molecule has 0 spiro atoms. The molecule has 0 aliphatic rings. The average molecular weight is 349 g/mol. The van der Waals surface area contributed by atoms with Crippen molar-refractivity contribution < 1.29 is 19.2 Å². The topological polar surface area (TPSA) is 104 Å². The molecule has 1 aromatic heterocycles. The predicted octanol–water partition coefficient (Wildman–Crippen LogP) is 2.86. The summed E-state index contributed by atoms with van der Waals surface area (Å²) in [5, 5.41) is 11.1. The van der Waals surface area contributed by atoms with Gasteiger partial charge in [-0.05, 0) is 30.9 Å². The number of nitro benzene ring substituents is 1. The smallest absolute Gasteiger partial charge is 0.345 e. The first-order valence-corrected chi connectivity index (χ1v) is 8.22. The van der Waals surface area contributed by atoms with Crippen molar-refractivity contribution in [3.63, 3.8) is 0 Å². The van der Waals surface area contributed by atoms with Crippen LogP contribution < -0.4 is 4.74 Å². The largest absolute Gasteiger partial charge is 0.472 e. The Morgan fingerprint density at radius 3 is 2.62 bits per heavy atom. The minimum absolute atomic E-state index is 0.00216. The fourth-order valence-corrected chi connectivity index (χ4v) is 2.11. The van der Waals surface area contributed by atoms with Gasteiger partial charge in [0.1, 0.15) is 12.2 Å². The number of benzene rings is 1. The number of thioether (sulfide) groups is 1. The summed E-state index contributed by atoms with van der Waals surface area (Å²) in [7, 11) is 0. The number of aromatic nitrogens is 2. The summed E-state index contributed by atoms with van der Waals surface area (Å²) in [6.45, 7) is 2.03. The molecule has 0 aliphatic carbocycles. The maximum atomic E-state index is 11.9. The lowest BCUT2D eigenvalue weighted by atomic mass is 10.2. The van der Waals surface area contributed by atoms with E-state index in [1.807, 2.05) is 0 Å². The third-order valence-corrected chi connectivity index (χ3v) is 3.49. The molecule has 2 rings (SSSR count). The summed E-state index contributed by atoms with van der Waals surface area (Å²) in [5.74, 6) is -0.449. The number of nitro groups is 1. The minimum Gasteiger partial charge on any atom is -0.472 e. The molecule has 2 aromatic rings. The standard InChI is InChI=1S/C15H15N3O5S/c1-3-22-14(19)12-8-16-15(24-2)17-13(12)23-9-10-4-6-11(7-5-10)18(20)21/h4-8H,3,9H2,1-2H3. The normalized spacial score (nSPS) is 10.2. The zero-order valence-corrected chi connectivity index (χ0v) is 13.9. The van der Waals surface area contributed by atoms with Crippen molar-refractivity contribution in [1.29, 1.82) is 0 Å². The molecule has 0 unspecified atom stereocenters. The quantitative estimate of drug-likeness (QED) is 0.247. The maximum absolute atomic E-state index is 11.9. The van der Waals surface area contributed by atoms with E-state index in [9.17, 15) is 14.9 Å².